The maximum Gasteiger partial charge on any atom is 0.228 e. The van der Waals surface area contributed by atoms with Gasteiger partial charge in [-0.1, -0.05) is 18.2 Å². The number of para-hydroxylation sites is 1. The number of ether oxygens (including phenoxy) is 2. The fourth-order valence-corrected chi connectivity index (χ4v) is 4.67. The summed E-state index contributed by atoms with van der Waals surface area (Å²) in [5, 5.41) is 4.68. The Morgan fingerprint density at radius 3 is 2.56 bits per heavy atom. The molecule has 0 bridgehead atoms. The third kappa shape index (κ3) is 4.00. The molecule has 2 aliphatic heterocycles. The highest BCUT2D eigenvalue weighted by molar-refractivity contribution is 6.00. The number of benzene rings is 2. The van der Waals surface area contributed by atoms with Gasteiger partial charge in [0, 0.05) is 49.6 Å². The van der Waals surface area contributed by atoms with Gasteiger partial charge in [0.05, 0.1) is 17.3 Å². The van der Waals surface area contributed by atoms with E-state index in [9.17, 15) is 9.59 Å². The molecule has 2 amide bonds. The van der Waals surface area contributed by atoms with Crippen molar-refractivity contribution < 1.29 is 19.1 Å². The minimum Gasteiger partial charge on any atom is -0.486 e. The maximum atomic E-state index is 13.3. The van der Waals surface area contributed by atoms with Gasteiger partial charge in [-0.3, -0.25) is 9.59 Å². The Labute approximate surface area is 198 Å². The van der Waals surface area contributed by atoms with Gasteiger partial charge in [-0.25, -0.2) is 4.68 Å². The summed E-state index contributed by atoms with van der Waals surface area (Å²) in [5.74, 6) is 0.809. The van der Waals surface area contributed by atoms with Gasteiger partial charge in [-0.15, -0.1) is 0 Å². The number of fused-ring (bicyclic) bond motifs is 1. The molecule has 0 radical (unpaired) electrons. The van der Waals surface area contributed by atoms with Crippen LogP contribution in [0.25, 0.3) is 5.69 Å². The van der Waals surface area contributed by atoms with Gasteiger partial charge < -0.3 is 19.3 Å². The molecule has 1 aromatic heterocycles. The molecule has 1 atom stereocenters. The Kier molecular flexibility index (Phi) is 5.73. The summed E-state index contributed by atoms with van der Waals surface area (Å²) in [6.07, 6.45) is 0.193. The van der Waals surface area contributed by atoms with Crippen LogP contribution in [-0.2, 0) is 16.1 Å². The Morgan fingerprint density at radius 2 is 1.79 bits per heavy atom. The molecule has 2 aliphatic rings. The molecule has 0 spiro atoms. The van der Waals surface area contributed by atoms with E-state index in [4.69, 9.17) is 9.47 Å². The Hall–Kier alpha value is -3.81. The van der Waals surface area contributed by atoms with Crippen molar-refractivity contribution in [3.63, 3.8) is 0 Å². The monoisotopic (exact) mass is 460 g/mol. The molecule has 176 valence electrons. The molecule has 1 fully saturated rings. The van der Waals surface area contributed by atoms with Crippen LogP contribution in [0.2, 0.25) is 0 Å². The lowest BCUT2D eigenvalue weighted by Gasteiger charge is -2.23. The molecular formula is C26H28N4O4. The first kappa shape index (κ1) is 22.0. The number of carbonyl (C=O) groups is 2. The van der Waals surface area contributed by atoms with Gasteiger partial charge >= 0.3 is 0 Å². The SMILES string of the molecule is Cc1nn(-c2ccccc2)c(C)c1CN(C)C(=O)C1CC(=O)N(c2ccc3c(c2)OCCO3)C1. The van der Waals surface area contributed by atoms with Gasteiger partial charge in [-0.2, -0.15) is 5.10 Å². The van der Waals surface area contributed by atoms with E-state index in [1.54, 1.807) is 16.8 Å². The second-order valence-electron chi connectivity index (χ2n) is 8.82. The van der Waals surface area contributed by atoms with E-state index in [0.717, 1.165) is 28.3 Å². The molecule has 0 saturated carbocycles. The van der Waals surface area contributed by atoms with Crippen molar-refractivity contribution in [2.24, 2.45) is 5.92 Å². The lowest BCUT2D eigenvalue weighted by molar-refractivity contribution is -0.135. The number of nitrogens with zero attached hydrogens (tertiary/aromatic N) is 4. The molecule has 3 aromatic rings. The van der Waals surface area contributed by atoms with Crippen LogP contribution in [0.5, 0.6) is 11.5 Å². The van der Waals surface area contributed by atoms with Crippen LogP contribution < -0.4 is 14.4 Å². The molecule has 1 unspecified atom stereocenters. The second kappa shape index (κ2) is 8.85. The van der Waals surface area contributed by atoms with E-state index in [-0.39, 0.29) is 18.2 Å². The molecule has 5 rings (SSSR count). The first-order valence-corrected chi connectivity index (χ1v) is 11.5. The summed E-state index contributed by atoms with van der Waals surface area (Å²) >= 11 is 0. The normalized spacial score (nSPS) is 17.2. The number of aromatic nitrogens is 2. The number of carbonyl (C=O) groups excluding carboxylic acids is 2. The van der Waals surface area contributed by atoms with Gasteiger partial charge in [0.25, 0.3) is 0 Å². The zero-order valence-corrected chi connectivity index (χ0v) is 19.7. The predicted octanol–water partition coefficient (Wildman–Crippen LogP) is 3.27. The highest BCUT2D eigenvalue weighted by Crippen LogP contribution is 2.36. The summed E-state index contributed by atoms with van der Waals surface area (Å²) in [7, 11) is 1.79. The van der Waals surface area contributed by atoms with Gasteiger partial charge in [-0.05, 0) is 38.1 Å². The first-order valence-electron chi connectivity index (χ1n) is 11.5. The smallest absolute Gasteiger partial charge is 0.228 e. The van der Waals surface area contributed by atoms with Gasteiger partial charge in [0.15, 0.2) is 11.5 Å². The van der Waals surface area contributed by atoms with E-state index < -0.39 is 5.92 Å². The molecule has 34 heavy (non-hydrogen) atoms. The average molecular weight is 461 g/mol. The van der Waals surface area contributed by atoms with Crippen molar-refractivity contribution in [3.8, 4) is 17.2 Å². The summed E-state index contributed by atoms with van der Waals surface area (Å²) in [6.45, 7) is 5.77. The molecule has 2 aromatic carbocycles. The van der Waals surface area contributed by atoms with Crippen LogP contribution >= 0.6 is 0 Å². The Bertz CT molecular complexity index is 1240. The van der Waals surface area contributed by atoms with Crippen LogP contribution in [0.1, 0.15) is 23.4 Å². The van der Waals surface area contributed by atoms with Crippen molar-refractivity contribution in [1.82, 2.24) is 14.7 Å². The number of aryl methyl sites for hydroxylation is 1. The summed E-state index contributed by atoms with van der Waals surface area (Å²) in [5.41, 5.74) is 4.63. The standard InChI is InChI=1S/C26H28N4O4/c1-17-22(18(2)30(27-17)20-7-5-4-6-8-20)16-28(3)26(32)19-13-25(31)29(15-19)21-9-10-23-24(14-21)34-12-11-33-23/h4-10,14,19H,11-13,15-16H2,1-3H3. The minimum absolute atomic E-state index is 0.0420. The highest BCUT2D eigenvalue weighted by atomic mass is 16.6. The van der Waals surface area contributed by atoms with Crippen molar-refractivity contribution in [2.45, 2.75) is 26.8 Å². The quantitative estimate of drug-likeness (QED) is 0.584. The zero-order chi connectivity index (χ0) is 23.8. The number of amides is 2. The van der Waals surface area contributed by atoms with Crippen LogP contribution in [-0.4, -0.2) is 53.3 Å². The van der Waals surface area contributed by atoms with Crippen molar-refractivity contribution in [2.75, 3.05) is 31.7 Å². The van der Waals surface area contributed by atoms with Crippen molar-refractivity contribution in [3.05, 3.63) is 65.5 Å². The van der Waals surface area contributed by atoms with Gasteiger partial charge in [0.2, 0.25) is 11.8 Å². The zero-order valence-electron chi connectivity index (χ0n) is 19.7. The molecule has 3 heterocycles. The fraction of sp³-hybridized carbons (Fsp3) is 0.346. The van der Waals surface area contributed by atoms with Crippen molar-refractivity contribution >= 4 is 17.5 Å². The number of rotatable bonds is 5. The van der Waals surface area contributed by atoms with E-state index in [2.05, 4.69) is 5.10 Å². The molecule has 8 nitrogen and oxygen atoms in total. The summed E-state index contributed by atoms with van der Waals surface area (Å²) in [6, 6.07) is 15.4. The molecular weight excluding hydrogens is 432 g/mol. The van der Waals surface area contributed by atoms with Crippen molar-refractivity contribution in [1.29, 1.82) is 0 Å². The van der Waals surface area contributed by atoms with E-state index in [1.807, 2.05) is 67.1 Å². The highest BCUT2D eigenvalue weighted by Gasteiger charge is 2.37. The third-order valence-electron chi connectivity index (χ3n) is 6.53. The van der Waals surface area contributed by atoms with Crippen LogP contribution in [0, 0.1) is 19.8 Å². The topological polar surface area (TPSA) is 76.9 Å². The molecule has 1 saturated heterocycles. The lowest BCUT2D eigenvalue weighted by Crippen LogP contribution is -2.34. The largest absolute Gasteiger partial charge is 0.486 e. The summed E-state index contributed by atoms with van der Waals surface area (Å²) in [4.78, 5) is 29.4. The fourth-order valence-electron chi connectivity index (χ4n) is 4.67. The minimum atomic E-state index is -0.393. The molecule has 8 heteroatoms. The number of anilines is 1. The van der Waals surface area contributed by atoms with E-state index in [0.29, 0.717) is 37.8 Å². The van der Waals surface area contributed by atoms with E-state index >= 15 is 0 Å². The lowest BCUT2D eigenvalue weighted by atomic mass is 10.1. The Balaban J connectivity index is 1.29. The summed E-state index contributed by atoms with van der Waals surface area (Å²) < 4.78 is 13.1. The first-order chi connectivity index (χ1) is 16.4. The maximum absolute atomic E-state index is 13.3. The van der Waals surface area contributed by atoms with Crippen LogP contribution in [0.3, 0.4) is 0 Å². The molecule has 0 N–H and O–H groups in total. The van der Waals surface area contributed by atoms with Gasteiger partial charge in [0.1, 0.15) is 13.2 Å². The number of hydrogen-bond acceptors (Lipinski definition) is 5. The van der Waals surface area contributed by atoms with Crippen LogP contribution in [0.4, 0.5) is 5.69 Å². The van der Waals surface area contributed by atoms with Crippen LogP contribution in [0.15, 0.2) is 48.5 Å². The predicted molar refractivity (Wildman–Crippen MR) is 127 cm³/mol. The Morgan fingerprint density at radius 1 is 1.06 bits per heavy atom. The van der Waals surface area contributed by atoms with E-state index in [1.165, 1.54) is 0 Å². The number of hydrogen-bond donors (Lipinski definition) is 0. The molecule has 0 aliphatic carbocycles. The third-order valence-corrected chi connectivity index (χ3v) is 6.53. The average Bonchev–Trinajstić information content (AvgIpc) is 3.38. The second-order valence-corrected chi connectivity index (χ2v) is 8.82.